The molecule has 1 saturated heterocycles. The molecule has 0 unspecified atom stereocenters. The predicted octanol–water partition coefficient (Wildman–Crippen LogP) is 5.94. The molecule has 0 spiro atoms. The molecule has 1 fully saturated rings. The molecule has 1 heterocycles. The maximum absolute atomic E-state index is 12.4. The average Bonchev–Trinajstić information content (AvgIpc) is 3.00. The highest BCUT2D eigenvalue weighted by molar-refractivity contribution is 9.11. The minimum Gasteiger partial charge on any atom is -0.487 e. The summed E-state index contributed by atoms with van der Waals surface area (Å²) in [6.07, 6.45) is 4.57. The van der Waals surface area contributed by atoms with Crippen molar-refractivity contribution in [1.82, 2.24) is 5.32 Å². The average molecular weight is 524 g/mol. The van der Waals surface area contributed by atoms with Gasteiger partial charge in [-0.25, -0.2) is 0 Å². The van der Waals surface area contributed by atoms with Crippen LogP contribution < -0.4 is 15.4 Å². The van der Waals surface area contributed by atoms with Crippen molar-refractivity contribution in [3.63, 3.8) is 0 Å². The maximum atomic E-state index is 12.4. The van der Waals surface area contributed by atoms with Gasteiger partial charge >= 0.3 is 0 Å². The van der Waals surface area contributed by atoms with Gasteiger partial charge in [0.05, 0.1) is 13.9 Å². The summed E-state index contributed by atoms with van der Waals surface area (Å²) in [6, 6.07) is 12.1. The van der Waals surface area contributed by atoms with E-state index in [1.165, 1.54) is 17.3 Å². The van der Waals surface area contributed by atoms with Crippen LogP contribution in [0.3, 0.4) is 0 Å². The Balaban J connectivity index is 1.72. The summed E-state index contributed by atoms with van der Waals surface area (Å²) in [5, 5.41) is 6.29. The number of carbonyl (C=O) groups is 1. The van der Waals surface area contributed by atoms with Crippen LogP contribution >= 0.6 is 43.6 Å². The van der Waals surface area contributed by atoms with Crippen LogP contribution in [0.1, 0.15) is 18.1 Å². The number of hydrogen-bond donors (Lipinski definition) is 2. The van der Waals surface area contributed by atoms with E-state index in [1.54, 1.807) is 6.08 Å². The van der Waals surface area contributed by atoms with Crippen molar-refractivity contribution in [1.29, 1.82) is 0 Å². The maximum Gasteiger partial charge on any atom is 0.260 e. The summed E-state index contributed by atoms with van der Waals surface area (Å²) in [6.45, 7) is 6.20. The first-order valence-corrected chi connectivity index (χ1v) is 11.2. The van der Waals surface area contributed by atoms with Crippen LogP contribution in [0.5, 0.6) is 5.75 Å². The lowest BCUT2D eigenvalue weighted by atomic mass is 10.1. The topological polar surface area (TPSA) is 50.4 Å². The molecule has 2 aromatic carbocycles. The third-order valence-corrected chi connectivity index (χ3v) is 6.26. The first-order chi connectivity index (χ1) is 13.5. The summed E-state index contributed by atoms with van der Waals surface area (Å²) in [5.74, 6) is 0.618. The van der Waals surface area contributed by atoms with Crippen molar-refractivity contribution < 1.29 is 9.53 Å². The van der Waals surface area contributed by atoms with E-state index in [-0.39, 0.29) is 11.4 Å². The Hall–Kier alpha value is -1.70. The van der Waals surface area contributed by atoms with E-state index in [0.29, 0.717) is 17.3 Å². The molecule has 28 heavy (non-hydrogen) atoms. The fraction of sp³-hybridized carbons (Fsp3) is 0.190. The zero-order valence-electron chi connectivity index (χ0n) is 15.3. The van der Waals surface area contributed by atoms with Gasteiger partial charge in [0.2, 0.25) is 0 Å². The lowest BCUT2D eigenvalue weighted by Crippen LogP contribution is -2.30. The van der Waals surface area contributed by atoms with Gasteiger partial charge < -0.3 is 15.4 Å². The van der Waals surface area contributed by atoms with Crippen molar-refractivity contribution in [3.05, 3.63) is 74.0 Å². The molecule has 1 atom stereocenters. The van der Waals surface area contributed by atoms with Crippen molar-refractivity contribution >= 4 is 61.3 Å². The fourth-order valence-corrected chi connectivity index (χ4v) is 5.08. The molecule has 146 valence electrons. The first-order valence-electron chi connectivity index (χ1n) is 8.77. The Morgan fingerprint density at radius 1 is 1.25 bits per heavy atom. The highest BCUT2D eigenvalue weighted by Gasteiger charge is 2.27. The molecule has 2 N–H and O–H groups in total. The first kappa shape index (κ1) is 21.0. The van der Waals surface area contributed by atoms with E-state index >= 15 is 0 Å². The smallest absolute Gasteiger partial charge is 0.260 e. The van der Waals surface area contributed by atoms with Gasteiger partial charge in [-0.15, -0.1) is 0 Å². The number of hydrogen-bond acceptors (Lipinski definition) is 4. The lowest BCUT2D eigenvalue weighted by molar-refractivity contribution is -0.116. The molecule has 0 aliphatic carbocycles. The minimum absolute atomic E-state index is 0.0908. The summed E-state index contributed by atoms with van der Waals surface area (Å²) in [7, 11) is 0. The highest BCUT2D eigenvalue weighted by atomic mass is 79.9. The van der Waals surface area contributed by atoms with Crippen molar-refractivity contribution in [2.75, 3.05) is 11.9 Å². The van der Waals surface area contributed by atoms with Gasteiger partial charge in [-0.3, -0.25) is 4.79 Å². The van der Waals surface area contributed by atoms with E-state index in [0.717, 1.165) is 26.6 Å². The number of nitrogens with one attached hydrogen (secondary N) is 2. The lowest BCUT2D eigenvalue weighted by Gasteiger charge is -2.13. The SMILES string of the molecule is C=CCOc1c(Br)cc(/C=C2/S[C@@H](Nc3ccc(CC)cc3)NC2=O)cc1Br. The molecular weight excluding hydrogens is 504 g/mol. The summed E-state index contributed by atoms with van der Waals surface area (Å²) in [5.41, 5.74) is 2.96. The van der Waals surface area contributed by atoms with Crippen LogP contribution in [0.25, 0.3) is 6.08 Å². The Morgan fingerprint density at radius 2 is 1.93 bits per heavy atom. The second-order valence-electron chi connectivity index (χ2n) is 6.09. The van der Waals surface area contributed by atoms with E-state index in [4.69, 9.17) is 4.74 Å². The molecule has 1 aliphatic heterocycles. The Labute approximate surface area is 186 Å². The third-order valence-electron chi connectivity index (χ3n) is 4.05. The van der Waals surface area contributed by atoms with Gasteiger partial charge in [0, 0.05) is 5.69 Å². The monoisotopic (exact) mass is 522 g/mol. The Morgan fingerprint density at radius 3 is 2.54 bits per heavy atom. The predicted molar refractivity (Wildman–Crippen MR) is 124 cm³/mol. The van der Waals surface area contributed by atoms with Gasteiger partial charge in [-0.1, -0.05) is 43.5 Å². The van der Waals surface area contributed by atoms with Gasteiger partial charge in [-0.05, 0) is 79.7 Å². The van der Waals surface area contributed by atoms with Gasteiger partial charge in [-0.2, -0.15) is 0 Å². The number of ether oxygens (including phenoxy) is 1. The fourth-order valence-electron chi connectivity index (χ4n) is 2.65. The molecule has 0 aromatic heterocycles. The van der Waals surface area contributed by atoms with Crippen LogP contribution in [0.2, 0.25) is 0 Å². The van der Waals surface area contributed by atoms with E-state index in [2.05, 4.69) is 68.1 Å². The third kappa shape index (κ3) is 5.21. The molecule has 1 aliphatic rings. The largest absolute Gasteiger partial charge is 0.487 e. The molecule has 0 radical (unpaired) electrons. The normalized spacial score (nSPS) is 17.5. The molecule has 7 heteroatoms. The van der Waals surface area contributed by atoms with Gasteiger partial charge in [0.1, 0.15) is 12.4 Å². The Kier molecular flexibility index (Phi) is 7.26. The number of thioether (sulfide) groups is 1. The van der Waals surface area contributed by atoms with Gasteiger partial charge in [0.25, 0.3) is 5.91 Å². The zero-order chi connectivity index (χ0) is 20.1. The van der Waals surface area contributed by atoms with Crippen molar-refractivity contribution in [2.45, 2.75) is 18.8 Å². The molecule has 0 saturated carbocycles. The standard InChI is InChI=1S/C21H20Br2N2O2S/c1-3-9-27-19-16(22)10-14(11-17(19)23)12-18-20(26)25-21(28-18)24-15-7-5-13(4-2)6-8-15/h3,5-8,10-12,21,24H,1,4,9H2,2H3,(H,25,26)/b18-12+/t21-/m0/s1. The number of carbonyl (C=O) groups excluding carboxylic acids is 1. The van der Waals surface area contributed by atoms with Crippen molar-refractivity contribution in [2.24, 2.45) is 0 Å². The van der Waals surface area contributed by atoms with Crippen LogP contribution in [0.4, 0.5) is 5.69 Å². The molecule has 1 amide bonds. The molecule has 3 rings (SSSR count). The van der Waals surface area contributed by atoms with E-state index in [9.17, 15) is 4.79 Å². The van der Waals surface area contributed by atoms with Crippen molar-refractivity contribution in [3.8, 4) is 5.75 Å². The van der Waals surface area contributed by atoms with Crippen LogP contribution in [0.15, 0.2) is 62.9 Å². The minimum atomic E-state index is -0.201. The zero-order valence-corrected chi connectivity index (χ0v) is 19.3. The molecular formula is C21H20Br2N2O2S. The van der Waals surface area contributed by atoms with Crippen LogP contribution in [-0.2, 0) is 11.2 Å². The summed E-state index contributed by atoms with van der Waals surface area (Å²) in [4.78, 5) is 13.0. The quantitative estimate of drug-likeness (QED) is 0.348. The second-order valence-corrected chi connectivity index (χ2v) is 8.94. The van der Waals surface area contributed by atoms with E-state index < -0.39 is 0 Å². The number of amides is 1. The van der Waals surface area contributed by atoms with Crippen LogP contribution in [0, 0.1) is 0 Å². The molecule has 0 bridgehead atoms. The number of halogens is 2. The second kappa shape index (κ2) is 9.67. The summed E-state index contributed by atoms with van der Waals surface area (Å²) >= 11 is 8.51. The number of anilines is 1. The Bertz CT molecular complexity index is 890. The summed E-state index contributed by atoms with van der Waals surface area (Å²) < 4.78 is 7.26. The van der Waals surface area contributed by atoms with E-state index in [1.807, 2.05) is 30.3 Å². The highest BCUT2D eigenvalue weighted by Crippen LogP contribution is 2.37. The number of rotatable bonds is 7. The molecule has 4 nitrogen and oxygen atoms in total. The van der Waals surface area contributed by atoms with Crippen LogP contribution in [-0.4, -0.2) is 18.0 Å². The van der Waals surface area contributed by atoms with Gasteiger partial charge in [0.15, 0.2) is 5.50 Å². The molecule has 2 aromatic rings. The number of benzene rings is 2. The number of aryl methyl sites for hydroxylation is 1.